The van der Waals surface area contributed by atoms with Crippen molar-refractivity contribution < 1.29 is 9.90 Å². The molecule has 1 fully saturated rings. The average molecular weight is 236 g/mol. The fourth-order valence-electron chi connectivity index (χ4n) is 2.05. The minimum Gasteiger partial charge on any atom is -0.481 e. The number of carboxylic acids is 1. The van der Waals surface area contributed by atoms with Gasteiger partial charge < -0.3 is 5.11 Å². The van der Waals surface area contributed by atoms with Gasteiger partial charge in [-0.15, -0.1) is 0 Å². The molecule has 1 aromatic carbocycles. The van der Waals surface area contributed by atoms with Crippen LogP contribution in [0.4, 0.5) is 0 Å². The van der Waals surface area contributed by atoms with Crippen molar-refractivity contribution in [3.63, 3.8) is 0 Å². The van der Waals surface area contributed by atoms with Crippen molar-refractivity contribution in [2.45, 2.75) is 25.2 Å². The van der Waals surface area contributed by atoms with E-state index in [1.165, 1.54) is 23.5 Å². The largest absolute Gasteiger partial charge is 0.481 e. The van der Waals surface area contributed by atoms with Crippen molar-refractivity contribution in [1.29, 1.82) is 0 Å². The number of benzene rings is 1. The van der Waals surface area contributed by atoms with Gasteiger partial charge in [0, 0.05) is 12.2 Å². The van der Waals surface area contributed by atoms with E-state index in [9.17, 15) is 4.79 Å². The molecule has 0 aliphatic carbocycles. The normalized spacial score (nSPS) is 19.9. The van der Waals surface area contributed by atoms with Gasteiger partial charge in [0.05, 0.1) is 0 Å². The molecule has 1 atom stereocenters. The second-order valence-corrected chi connectivity index (χ2v) is 5.35. The molecule has 1 unspecified atom stereocenters. The zero-order valence-electron chi connectivity index (χ0n) is 9.19. The third kappa shape index (κ3) is 3.01. The average Bonchev–Trinajstić information content (AvgIpc) is 2.80. The van der Waals surface area contributed by atoms with Crippen LogP contribution in [-0.4, -0.2) is 22.6 Å². The Labute approximate surface area is 100 Å². The summed E-state index contributed by atoms with van der Waals surface area (Å²) in [6.45, 7) is 0. The number of carbonyl (C=O) groups is 1. The summed E-state index contributed by atoms with van der Waals surface area (Å²) in [6.07, 6.45) is 2.12. The third-order valence-electron chi connectivity index (χ3n) is 2.98. The molecule has 1 aliphatic rings. The molecule has 86 valence electrons. The lowest BCUT2D eigenvalue weighted by molar-refractivity contribution is -0.136. The first-order chi connectivity index (χ1) is 7.75. The van der Waals surface area contributed by atoms with Gasteiger partial charge in [-0.1, -0.05) is 24.3 Å². The van der Waals surface area contributed by atoms with E-state index in [0.29, 0.717) is 12.3 Å². The molecule has 2 rings (SSSR count). The van der Waals surface area contributed by atoms with E-state index < -0.39 is 5.97 Å². The van der Waals surface area contributed by atoms with Crippen LogP contribution in [0.3, 0.4) is 0 Å². The van der Waals surface area contributed by atoms with Gasteiger partial charge >= 0.3 is 5.97 Å². The molecule has 1 aliphatic heterocycles. The lowest BCUT2D eigenvalue weighted by Crippen LogP contribution is -2.00. The Hall–Kier alpha value is -0.960. The highest BCUT2D eigenvalue weighted by Crippen LogP contribution is 2.32. The van der Waals surface area contributed by atoms with Crippen molar-refractivity contribution >= 4 is 17.7 Å². The van der Waals surface area contributed by atoms with E-state index in [0.717, 1.165) is 5.56 Å². The number of hydrogen-bond acceptors (Lipinski definition) is 2. The van der Waals surface area contributed by atoms with Gasteiger partial charge in [0.2, 0.25) is 0 Å². The summed E-state index contributed by atoms with van der Waals surface area (Å²) in [5.74, 6) is 2.42. The van der Waals surface area contributed by atoms with Crippen LogP contribution in [0.25, 0.3) is 0 Å². The second-order valence-electron chi connectivity index (χ2n) is 4.20. The molecule has 0 spiro atoms. The fraction of sp³-hybridized carbons (Fsp3) is 0.462. The van der Waals surface area contributed by atoms with Gasteiger partial charge in [-0.3, -0.25) is 4.79 Å². The van der Waals surface area contributed by atoms with Crippen molar-refractivity contribution in [1.82, 2.24) is 0 Å². The number of hydrogen-bond donors (Lipinski definition) is 1. The van der Waals surface area contributed by atoms with Crippen LogP contribution in [0.1, 0.15) is 29.9 Å². The highest BCUT2D eigenvalue weighted by molar-refractivity contribution is 7.99. The van der Waals surface area contributed by atoms with Crippen molar-refractivity contribution in [3.05, 3.63) is 35.4 Å². The molecule has 3 heteroatoms. The number of carboxylic acid groups (broad SMARTS) is 1. The first-order valence-corrected chi connectivity index (χ1v) is 6.79. The molecule has 1 saturated heterocycles. The second kappa shape index (κ2) is 5.39. The highest BCUT2D eigenvalue weighted by atomic mass is 32.2. The molecule has 16 heavy (non-hydrogen) atoms. The van der Waals surface area contributed by atoms with Crippen molar-refractivity contribution in [2.24, 2.45) is 0 Å². The monoisotopic (exact) mass is 236 g/mol. The highest BCUT2D eigenvalue weighted by Gasteiger charge is 2.17. The maximum atomic E-state index is 10.5. The minimum atomic E-state index is -0.721. The van der Waals surface area contributed by atoms with Gasteiger partial charge in [-0.2, -0.15) is 11.8 Å². The van der Waals surface area contributed by atoms with Gasteiger partial charge in [0.25, 0.3) is 0 Å². The van der Waals surface area contributed by atoms with E-state index in [1.54, 1.807) is 0 Å². The predicted molar refractivity (Wildman–Crippen MR) is 67.1 cm³/mol. The zero-order chi connectivity index (χ0) is 11.4. The van der Waals surface area contributed by atoms with Gasteiger partial charge in [0.1, 0.15) is 0 Å². The summed E-state index contributed by atoms with van der Waals surface area (Å²) in [5.41, 5.74) is 2.53. The fourth-order valence-corrected chi connectivity index (χ4v) is 3.31. The van der Waals surface area contributed by atoms with E-state index in [1.807, 2.05) is 17.8 Å². The molecule has 2 nitrogen and oxygen atoms in total. The summed E-state index contributed by atoms with van der Waals surface area (Å²) < 4.78 is 0. The summed E-state index contributed by atoms with van der Waals surface area (Å²) in [4.78, 5) is 10.5. The van der Waals surface area contributed by atoms with Crippen LogP contribution in [0.15, 0.2) is 24.3 Å². The molecule has 0 aromatic heterocycles. The molecule has 0 bridgehead atoms. The van der Waals surface area contributed by atoms with E-state index in [2.05, 4.69) is 18.2 Å². The van der Waals surface area contributed by atoms with Gasteiger partial charge in [-0.05, 0) is 35.6 Å². The van der Waals surface area contributed by atoms with E-state index in [-0.39, 0.29) is 6.42 Å². The number of aliphatic carboxylic acids is 1. The Kier molecular flexibility index (Phi) is 3.88. The number of aryl methyl sites for hydroxylation is 1. The maximum Gasteiger partial charge on any atom is 0.303 e. The Morgan fingerprint density at radius 1 is 1.50 bits per heavy atom. The standard InChI is InChI=1S/C13H16O2S/c14-13(15)5-4-10-2-1-3-11(8-10)12-6-7-16-9-12/h1-3,8,12H,4-7,9H2,(H,14,15). The lowest BCUT2D eigenvalue weighted by atomic mass is 9.96. The quantitative estimate of drug-likeness (QED) is 0.873. The molecule has 0 saturated carbocycles. The first-order valence-electron chi connectivity index (χ1n) is 5.64. The Morgan fingerprint density at radius 2 is 2.38 bits per heavy atom. The Morgan fingerprint density at radius 3 is 3.06 bits per heavy atom. The number of thioether (sulfide) groups is 1. The SMILES string of the molecule is O=C(O)CCc1cccc(C2CCSC2)c1. The van der Waals surface area contributed by atoms with E-state index >= 15 is 0 Å². The molecular formula is C13H16O2S. The van der Waals surface area contributed by atoms with Crippen LogP contribution in [0, 0.1) is 0 Å². The Bertz CT molecular complexity index is 370. The van der Waals surface area contributed by atoms with Crippen LogP contribution in [-0.2, 0) is 11.2 Å². The lowest BCUT2D eigenvalue weighted by Gasteiger charge is -2.10. The van der Waals surface area contributed by atoms with Crippen molar-refractivity contribution in [3.8, 4) is 0 Å². The number of rotatable bonds is 4. The summed E-state index contributed by atoms with van der Waals surface area (Å²) in [7, 11) is 0. The summed E-state index contributed by atoms with van der Waals surface area (Å²) in [6, 6.07) is 8.42. The minimum absolute atomic E-state index is 0.225. The first kappa shape index (κ1) is 11.5. The molecule has 1 heterocycles. The molecule has 1 N–H and O–H groups in total. The van der Waals surface area contributed by atoms with Crippen LogP contribution >= 0.6 is 11.8 Å². The zero-order valence-corrected chi connectivity index (χ0v) is 10.0. The van der Waals surface area contributed by atoms with Crippen LogP contribution in [0.5, 0.6) is 0 Å². The molecule has 1 aromatic rings. The summed E-state index contributed by atoms with van der Waals surface area (Å²) in [5, 5.41) is 8.65. The van der Waals surface area contributed by atoms with Crippen LogP contribution < -0.4 is 0 Å². The molecule has 0 radical (unpaired) electrons. The topological polar surface area (TPSA) is 37.3 Å². The summed E-state index contributed by atoms with van der Waals surface area (Å²) >= 11 is 2.01. The Balaban J connectivity index is 2.03. The van der Waals surface area contributed by atoms with E-state index in [4.69, 9.17) is 5.11 Å². The molecule has 0 amide bonds. The van der Waals surface area contributed by atoms with Crippen LogP contribution in [0.2, 0.25) is 0 Å². The van der Waals surface area contributed by atoms with Gasteiger partial charge in [-0.25, -0.2) is 0 Å². The predicted octanol–water partition coefficient (Wildman–Crippen LogP) is 2.92. The van der Waals surface area contributed by atoms with Gasteiger partial charge in [0.15, 0.2) is 0 Å². The molecular weight excluding hydrogens is 220 g/mol. The smallest absolute Gasteiger partial charge is 0.303 e. The maximum absolute atomic E-state index is 10.5. The third-order valence-corrected chi connectivity index (χ3v) is 4.14. The van der Waals surface area contributed by atoms with Crippen molar-refractivity contribution in [2.75, 3.05) is 11.5 Å².